The molecule has 0 saturated carbocycles. The van der Waals surface area contributed by atoms with Crippen LogP contribution >= 0.6 is 0 Å². The minimum absolute atomic E-state index is 0.161. The van der Waals surface area contributed by atoms with Crippen LogP contribution in [0.5, 0.6) is 11.5 Å². The summed E-state index contributed by atoms with van der Waals surface area (Å²) in [6.07, 6.45) is 18.4. The summed E-state index contributed by atoms with van der Waals surface area (Å²) in [5, 5.41) is 12.1. The van der Waals surface area contributed by atoms with Crippen LogP contribution < -0.4 is 9.47 Å². The van der Waals surface area contributed by atoms with Crippen molar-refractivity contribution in [2.24, 2.45) is 0 Å². The molecule has 0 fully saturated rings. The van der Waals surface area contributed by atoms with Crippen molar-refractivity contribution in [3.8, 4) is 34.3 Å². The summed E-state index contributed by atoms with van der Waals surface area (Å²) < 4.78 is 10.9. The van der Waals surface area contributed by atoms with Crippen molar-refractivity contribution < 1.29 is 24.0 Å². The van der Waals surface area contributed by atoms with E-state index < -0.39 is 22.5 Å². The number of benzene rings is 3. The van der Waals surface area contributed by atoms with Crippen LogP contribution in [0.25, 0.3) is 22.8 Å². The number of nitrogens with zero attached hydrogens (tertiary/aromatic N) is 5. The number of rotatable bonds is 17. The van der Waals surface area contributed by atoms with Gasteiger partial charge in [0.05, 0.1) is 16.1 Å². The van der Waals surface area contributed by atoms with E-state index in [0.29, 0.717) is 22.8 Å². The number of carbonyl (C=O) groups excluding carboxylic acids is 2. The Morgan fingerprint density at radius 2 is 0.980 bits per heavy atom. The number of carbonyl (C=O) groups is 2. The van der Waals surface area contributed by atoms with E-state index in [0.717, 1.165) is 36.8 Å². The lowest BCUT2D eigenvalue weighted by Crippen LogP contribution is -2.12. The number of hydrogen-bond donors (Lipinski definition) is 0. The molecule has 0 atom stereocenters. The molecule has 262 valence electrons. The zero-order valence-electron chi connectivity index (χ0n) is 28.9. The van der Waals surface area contributed by atoms with Gasteiger partial charge < -0.3 is 9.47 Å². The monoisotopic (exact) mass is 687 g/mol. The van der Waals surface area contributed by atoms with Gasteiger partial charge in [0.25, 0.3) is 0 Å². The Bertz CT molecular complexity index is 1780. The molecule has 2 aromatic heterocycles. The van der Waals surface area contributed by atoms with Crippen LogP contribution in [0.2, 0.25) is 0 Å². The molecule has 51 heavy (non-hydrogen) atoms. The Labute approximate surface area is 297 Å². The van der Waals surface area contributed by atoms with Crippen LogP contribution in [0.15, 0.2) is 91.5 Å². The van der Waals surface area contributed by atoms with Crippen molar-refractivity contribution >= 4 is 17.6 Å². The number of nitro groups is 1. The maximum Gasteiger partial charge on any atom is 0.353 e. The first-order chi connectivity index (χ1) is 24.9. The first kappa shape index (κ1) is 36.4. The zero-order chi connectivity index (χ0) is 36.0. The minimum Gasteiger partial charge on any atom is -0.415 e. The number of aryl methyl sites for hydroxylation is 2. The lowest BCUT2D eigenvalue weighted by molar-refractivity contribution is -0.386. The number of esters is 2. The van der Waals surface area contributed by atoms with Gasteiger partial charge in [-0.2, -0.15) is 0 Å². The minimum atomic E-state index is -0.821. The van der Waals surface area contributed by atoms with E-state index in [-0.39, 0.29) is 22.6 Å². The molecular weight excluding hydrogens is 646 g/mol. The van der Waals surface area contributed by atoms with Crippen molar-refractivity contribution in [3.63, 3.8) is 0 Å². The van der Waals surface area contributed by atoms with E-state index in [1.165, 1.54) is 81.0 Å². The van der Waals surface area contributed by atoms with E-state index in [1.807, 2.05) is 24.8 Å². The summed E-state index contributed by atoms with van der Waals surface area (Å²) in [6, 6.07) is 16.8. The van der Waals surface area contributed by atoms with Gasteiger partial charge in [0.15, 0.2) is 11.6 Å². The molecule has 5 aromatic rings. The summed E-state index contributed by atoms with van der Waals surface area (Å²) in [6.45, 7) is 4.36. The lowest BCUT2D eigenvalue weighted by atomic mass is 10.1. The highest BCUT2D eigenvalue weighted by atomic mass is 16.6. The molecule has 0 radical (unpaired) electrons. The van der Waals surface area contributed by atoms with Gasteiger partial charge in [-0.1, -0.05) is 82.7 Å². The van der Waals surface area contributed by atoms with Gasteiger partial charge in [-0.25, -0.2) is 29.5 Å². The van der Waals surface area contributed by atoms with Crippen molar-refractivity contribution in [2.75, 3.05) is 0 Å². The molecule has 0 aliphatic rings. The van der Waals surface area contributed by atoms with E-state index in [4.69, 9.17) is 9.47 Å². The average molecular weight is 688 g/mol. The summed E-state index contributed by atoms with van der Waals surface area (Å²) in [7, 11) is 0. The molecule has 0 spiro atoms. The number of unbranched alkanes of at least 4 members (excludes halogenated alkanes) is 6. The Kier molecular flexibility index (Phi) is 13.0. The van der Waals surface area contributed by atoms with Crippen molar-refractivity contribution in [3.05, 3.63) is 124 Å². The van der Waals surface area contributed by atoms with Crippen LogP contribution in [0.4, 0.5) is 5.69 Å². The van der Waals surface area contributed by atoms with Crippen LogP contribution in [-0.2, 0) is 12.8 Å². The molecule has 0 unspecified atom stereocenters. The molecule has 3 aromatic carbocycles. The highest BCUT2D eigenvalue weighted by Crippen LogP contribution is 2.37. The number of aromatic nitrogens is 4. The van der Waals surface area contributed by atoms with Crippen LogP contribution in [0.1, 0.15) is 97.1 Å². The number of hydrogen-bond acceptors (Lipinski definition) is 10. The second-order valence-corrected chi connectivity index (χ2v) is 12.2. The summed E-state index contributed by atoms with van der Waals surface area (Å²) >= 11 is 0. The third-order valence-electron chi connectivity index (χ3n) is 8.36. The predicted molar refractivity (Wildman–Crippen MR) is 194 cm³/mol. The topological polar surface area (TPSA) is 147 Å². The van der Waals surface area contributed by atoms with Gasteiger partial charge in [-0.3, -0.25) is 10.1 Å². The third kappa shape index (κ3) is 10.1. The molecule has 5 rings (SSSR count). The largest absolute Gasteiger partial charge is 0.415 e. The van der Waals surface area contributed by atoms with Crippen LogP contribution in [0, 0.1) is 10.1 Å². The maximum absolute atomic E-state index is 13.0. The normalized spacial score (nSPS) is 10.9. The van der Waals surface area contributed by atoms with E-state index in [2.05, 4.69) is 33.8 Å². The van der Waals surface area contributed by atoms with E-state index in [1.54, 1.807) is 24.3 Å². The van der Waals surface area contributed by atoms with Gasteiger partial charge in [0.2, 0.25) is 11.5 Å². The first-order valence-corrected chi connectivity index (χ1v) is 17.4. The quantitative estimate of drug-likeness (QED) is 0.0305. The Morgan fingerprint density at radius 1 is 0.588 bits per heavy atom. The van der Waals surface area contributed by atoms with Crippen molar-refractivity contribution in [1.29, 1.82) is 0 Å². The summed E-state index contributed by atoms with van der Waals surface area (Å²) in [5.74, 6) is -1.33. The first-order valence-electron chi connectivity index (χ1n) is 17.4. The fourth-order valence-corrected chi connectivity index (χ4v) is 5.45. The third-order valence-corrected chi connectivity index (χ3v) is 8.36. The molecular formula is C40H41N5O6. The van der Waals surface area contributed by atoms with Crippen molar-refractivity contribution in [1.82, 2.24) is 19.9 Å². The smallest absolute Gasteiger partial charge is 0.353 e. The number of nitro benzene ring substituents is 1. The highest BCUT2D eigenvalue weighted by Gasteiger charge is 2.27. The van der Waals surface area contributed by atoms with Crippen molar-refractivity contribution in [2.45, 2.75) is 78.1 Å². The second-order valence-electron chi connectivity index (χ2n) is 12.2. The highest BCUT2D eigenvalue weighted by molar-refractivity contribution is 5.94. The van der Waals surface area contributed by atoms with Gasteiger partial charge in [-0.15, -0.1) is 0 Å². The molecule has 11 nitrogen and oxygen atoms in total. The molecule has 0 aliphatic carbocycles. The average Bonchev–Trinajstić information content (AvgIpc) is 3.16. The van der Waals surface area contributed by atoms with Gasteiger partial charge in [0.1, 0.15) is 0 Å². The lowest BCUT2D eigenvalue weighted by Gasteiger charge is -2.10. The van der Waals surface area contributed by atoms with E-state index >= 15 is 0 Å². The zero-order valence-corrected chi connectivity index (χ0v) is 28.9. The molecule has 0 amide bonds. The second kappa shape index (κ2) is 18.2. The summed E-state index contributed by atoms with van der Waals surface area (Å²) in [5.41, 5.74) is 3.22. The Morgan fingerprint density at radius 3 is 1.33 bits per heavy atom. The molecule has 11 heteroatoms. The fourth-order valence-electron chi connectivity index (χ4n) is 5.45. The number of ether oxygens (including phenoxy) is 2. The molecule has 0 aliphatic heterocycles. The SMILES string of the molecule is CCCCCCc1cnc(-c2ccc(C(=O)Oc3cccc(OC(=O)c4ccc(-c5ncc(CCCCCC)cn5)cc4)c3[N+](=O)[O-])cc2)nc1. The van der Waals surface area contributed by atoms with Crippen LogP contribution in [-0.4, -0.2) is 36.8 Å². The molecule has 2 heterocycles. The fraction of sp³-hybridized carbons (Fsp3) is 0.300. The molecule has 0 saturated heterocycles. The Hall–Kier alpha value is -5.84. The molecule has 0 N–H and O–H groups in total. The number of para-hydroxylation sites is 1. The molecule has 0 bridgehead atoms. The standard InChI is InChI=1S/C40H41N5O6/c1-3-5-7-9-12-28-24-41-37(42-25-28)30-16-20-32(21-17-30)39(46)50-34-14-11-15-35(36(34)45(48)49)51-40(47)33-22-18-31(19-23-33)38-43-26-29(27-44-38)13-10-8-6-4-2/h11,14-27H,3-10,12-13H2,1-2H3. The van der Waals surface area contributed by atoms with Crippen LogP contribution in [0.3, 0.4) is 0 Å². The predicted octanol–water partition coefficient (Wildman–Crippen LogP) is 9.19. The van der Waals surface area contributed by atoms with Gasteiger partial charge in [0, 0.05) is 35.9 Å². The maximum atomic E-state index is 13.0. The van der Waals surface area contributed by atoms with Gasteiger partial charge in [-0.05, 0) is 73.2 Å². The summed E-state index contributed by atoms with van der Waals surface area (Å²) in [4.78, 5) is 55.2. The van der Waals surface area contributed by atoms with E-state index in [9.17, 15) is 19.7 Å². The van der Waals surface area contributed by atoms with Gasteiger partial charge >= 0.3 is 17.6 Å². The Balaban J connectivity index is 1.21.